The molecule has 7 nitrogen and oxygen atoms in total. The van der Waals surface area contributed by atoms with Crippen molar-refractivity contribution in [2.75, 3.05) is 18.6 Å². The number of ether oxygens (including phenoxy) is 2. The fourth-order valence-corrected chi connectivity index (χ4v) is 5.46. The molecule has 0 bridgehead atoms. The van der Waals surface area contributed by atoms with E-state index >= 15 is 0 Å². The van der Waals surface area contributed by atoms with Gasteiger partial charge in [0.1, 0.15) is 23.3 Å². The Hall–Kier alpha value is -4.17. The number of aliphatic hydroxyl groups is 1. The van der Waals surface area contributed by atoms with Gasteiger partial charge in [-0.25, -0.2) is 4.98 Å². The fourth-order valence-electron chi connectivity index (χ4n) is 4.37. The quantitative estimate of drug-likeness (QED) is 0.209. The molecule has 1 fully saturated rings. The van der Waals surface area contributed by atoms with Gasteiger partial charge in [0.25, 0.3) is 5.78 Å². The van der Waals surface area contributed by atoms with E-state index in [0.717, 1.165) is 15.8 Å². The second-order valence-electron chi connectivity index (χ2n) is 8.34. The molecule has 1 amide bonds. The summed E-state index contributed by atoms with van der Waals surface area (Å²) in [6, 6.07) is 18.8. The molecule has 182 valence electrons. The summed E-state index contributed by atoms with van der Waals surface area (Å²) in [5.41, 5.74) is 2.74. The highest BCUT2D eigenvalue weighted by Crippen LogP contribution is 2.46. The molecule has 5 rings (SSSR count). The predicted molar refractivity (Wildman–Crippen MR) is 140 cm³/mol. The third kappa shape index (κ3) is 3.99. The number of carbonyl (C=O) groups is 2. The number of aliphatic hydroxyl groups excluding tert-OH is 1. The third-order valence-electron chi connectivity index (χ3n) is 6.06. The minimum absolute atomic E-state index is 0.0240. The molecular weight excluding hydrogens is 476 g/mol. The van der Waals surface area contributed by atoms with E-state index in [1.165, 1.54) is 23.3 Å². The second-order valence-corrected chi connectivity index (χ2v) is 9.35. The first-order valence-electron chi connectivity index (χ1n) is 11.5. The number of Topliss-reactive ketones (excluding diaryl/α,β-unsaturated/α-hetero) is 1. The number of thiazole rings is 1. The molecule has 0 radical (unpaired) electrons. The number of rotatable bonds is 6. The maximum atomic E-state index is 13.5. The maximum Gasteiger partial charge on any atom is 0.301 e. The molecule has 1 aromatic heterocycles. The van der Waals surface area contributed by atoms with Gasteiger partial charge in [-0.2, -0.15) is 0 Å². The second kappa shape index (κ2) is 9.47. The molecule has 1 atom stereocenters. The fraction of sp³-hybridized carbons (Fsp3) is 0.179. The summed E-state index contributed by atoms with van der Waals surface area (Å²) in [7, 11) is 1.53. The van der Waals surface area contributed by atoms with Crippen molar-refractivity contribution in [1.82, 2.24) is 4.98 Å². The summed E-state index contributed by atoms with van der Waals surface area (Å²) in [6.45, 7) is 4.37. The van der Waals surface area contributed by atoms with Crippen LogP contribution in [0.4, 0.5) is 5.13 Å². The van der Waals surface area contributed by atoms with Crippen LogP contribution >= 0.6 is 11.3 Å². The molecule has 1 aliphatic rings. The average molecular weight is 501 g/mol. The van der Waals surface area contributed by atoms with E-state index in [9.17, 15) is 14.7 Å². The van der Waals surface area contributed by atoms with Crippen LogP contribution in [0, 0.1) is 6.92 Å². The molecule has 1 saturated heterocycles. The van der Waals surface area contributed by atoms with Gasteiger partial charge in [0.2, 0.25) is 0 Å². The smallest absolute Gasteiger partial charge is 0.301 e. The lowest BCUT2D eigenvalue weighted by Gasteiger charge is -2.24. The number of hydrogen-bond acceptors (Lipinski definition) is 7. The Bertz CT molecular complexity index is 1510. The lowest BCUT2D eigenvalue weighted by atomic mass is 9.94. The highest BCUT2D eigenvalue weighted by Gasteiger charge is 2.49. The minimum Gasteiger partial charge on any atom is -0.507 e. The number of benzene rings is 3. The number of ketones is 1. The topological polar surface area (TPSA) is 89.0 Å². The van der Waals surface area contributed by atoms with Gasteiger partial charge in [0.05, 0.1) is 29.5 Å². The average Bonchev–Trinajstić information content (AvgIpc) is 3.41. The summed E-state index contributed by atoms with van der Waals surface area (Å²) in [5.74, 6) is -0.682. The molecule has 4 aromatic rings. The number of amides is 1. The molecule has 1 unspecified atom stereocenters. The molecule has 0 saturated carbocycles. The van der Waals surface area contributed by atoms with Crippen LogP contribution in [0.25, 0.3) is 16.0 Å². The molecule has 3 aromatic carbocycles. The molecule has 0 aliphatic carbocycles. The largest absolute Gasteiger partial charge is 0.507 e. The first-order chi connectivity index (χ1) is 17.4. The summed E-state index contributed by atoms with van der Waals surface area (Å²) >= 11 is 1.32. The van der Waals surface area contributed by atoms with Crippen molar-refractivity contribution in [2.45, 2.75) is 19.9 Å². The van der Waals surface area contributed by atoms with E-state index in [4.69, 9.17) is 9.47 Å². The SMILES string of the molecule is CCOc1ccc(/C(O)=C2\C(=O)C(=O)N(c3nc4ccc(C)cc4s3)C2c2ccccc2OC)cc1. The first-order valence-corrected chi connectivity index (χ1v) is 12.3. The van der Waals surface area contributed by atoms with E-state index in [2.05, 4.69) is 4.98 Å². The Balaban J connectivity index is 1.71. The first kappa shape index (κ1) is 23.6. The summed E-state index contributed by atoms with van der Waals surface area (Å²) in [6.07, 6.45) is 0. The number of para-hydroxylation sites is 1. The molecule has 0 spiro atoms. The van der Waals surface area contributed by atoms with E-state index in [1.807, 2.05) is 32.0 Å². The lowest BCUT2D eigenvalue weighted by Crippen LogP contribution is -2.29. The monoisotopic (exact) mass is 500 g/mol. The zero-order chi connectivity index (χ0) is 25.4. The number of fused-ring (bicyclic) bond motifs is 1. The van der Waals surface area contributed by atoms with Crippen molar-refractivity contribution in [3.05, 3.63) is 89.0 Å². The molecule has 1 aliphatic heterocycles. The molecule has 36 heavy (non-hydrogen) atoms. The molecular formula is C28H24N2O5S. The number of carbonyl (C=O) groups excluding carboxylic acids is 2. The highest BCUT2D eigenvalue weighted by atomic mass is 32.1. The lowest BCUT2D eigenvalue weighted by molar-refractivity contribution is -0.132. The van der Waals surface area contributed by atoms with E-state index in [0.29, 0.717) is 34.4 Å². The van der Waals surface area contributed by atoms with Gasteiger partial charge in [0.15, 0.2) is 5.13 Å². The van der Waals surface area contributed by atoms with Gasteiger partial charge < -0.3 is 14.6 Å². The Kier molecular flexibility index (Phi) is 6.20. The van der Waals surface area contributed by atoms with Crippen LogP contribution in [-0.4, -0.2) is 35.5 Å². The van der Waals surface area contributed by atoms with Crippen LogP contribution < -0.4 is 14.4 Å². The Labute approximate surface area is 212 Å². The molecule has 1 N–H and O–H groups in total. The van der Waals surface area contributed by atoms with Crippen molar-refractivity contribution in [2.24, 2.45) is 0 Å². The minimum atomic E-state index is -0.922. The van der Waals surface area contributed by atoms with E-state index < -0.39 is 17.7 Å². The number of nitrogens with zero attached hydrogens (tertiary/aromatic N) is 2. The van der Waals surface area contributed by atoms with Gasteiger partial charge in [0, 0.05) is 11.1 Å². The van der Waals surface area contributed by atoms with Crippen LogP contribution in [-0.2, 0) is 9.59 Å². The number of aryl methyl sites for hydroxylation is 1. The van der Waals surface area contributed by atoms with Crippen LogP contribution in [0.5, 0.6) is 11.5 Å². The van der Waals surface area contributed by atoms with Crippen LogP contribution in [0.2, 0.25) is 0 Å². The Morgan fingerprint density at radius 2 is 1.83 bits per heavy atom. The summed E-state index contributed by atoms with van der Waals surface area (Å²) in [5, 5.41) is 11.7. The Morgan fingerprint density at radius 3 is 2.56 bits per heavy atom. The predicted octanol–water partition coefficient (Wildman–Crippen LogP) is 5.64. The van der Waals surface area contributed by atoms with Crippen molar-refractivity contribution < 1.29 is 24.2 Å². The van der Waals surface area contributed by atoms with Gasteiger partial charge in [-0.15, -0.1) is 0 Å². The zero-order valence-electron chi connectivity index (χ0n) is 20.0. The van der Waals surface area contributed by atoms with Gasteiger partial charge in [-0.3, -0.25) is 14.5 Å². The number of methoxy groups -OCH3 is 1. The third-order valence-corrected chi connectivity index (χ3v) is 7.07. The van der Waals surface area contributed by atoms with Crippen molar-refractivity contribution in [3.63, 3.8) is 0 Å². The molecule has 8 heteroatoms. The van der Waals surface area contributed by atoms with Gasteiger partial charge >= 0.3 is 5.91 Å². The van der Waals surface area contributed by atoms with Crippen molar-refractivity contribution >= 4 is 44.1 Å². The van der Waals surface area contributed by atoms with Gasteiger partial charge in [-0.1, -0.05) is 35.6 Å². The Morgan fingerprint density at radius 1 is 1.08 bits per heavy atom. The normalized spacial score (nSPS) is 17.1. The summed E-state index contributed by atoms with van der Waals surface area (Å²) < 4.78 is 12.0. The van der Waals surface area contributed by atoms with Crippen LogP contribution in [0.1, 0.15) is 29.7 Å². The number of anilines is 1. The summed E-state index contributed by atoms with van der Waals surface area (Å²) in [4.78, 5) is 32.9. The standard InChI is InChI=1S/C28H24N2O5S/c1-4-35-18-12-10-17(11-13-18)25(31)23-24(19-7-5-6-8-21(19)34-3)30(27(33)26(23)32)28-29-20-14-9-16(2)15-22(20)36-28/h5-15,24,31H,4H2,1-3H3/b25-23+. The zero-order valence-corrected chi connectivity index (χ0v) is 20.8. The van der Waals surface area contributed by atoms with Crippen LogP contribution in [0.15, 0.2) is 72.3 Å². The number of hydrogen-bond donors (Lipinski definition) is 1. The van der Waals surface area contributed by atoms with E-state index in [1.54, 1.807) is 48.5 Å². The molecule has 2 heterocycles. The maximum absolute atomic E-state index is 13.5. The van der Waals surface area contributed by atoms with Gasteiger partial charge in [-0.05, 0) is 61.9 Å². The number of aromatic nitrogens is 1. The van der Waals surface area contributed by atoms with Crippen LogP contribution in [0.3, 0.4) is 0 Å². The highest BCUT2D eigenvalue weighted by molar-refractivity contribution is 7.22. The van der Waals surface area contributed by atoms with Crippen molar-refractivity contribution in [3.8, 4) is 11.5 Å². The van der Waals surface area contributed by atoms with Crippen molar-refractivity contribution in [1.29, 1.82) is 0 Å². The van der Waals surface area contributed by atoms with E-state index in [-0.39, 0.29) is 11.3 Å².